The molecule has 3 aliphatic rings. The number of nitrogens with zero attached hydrogens (tertiary/aromatic N) is 3. The zero-order valence-corrected chi connectivity index (χ0v) is 32.6. The van der Waals surface area contributed by atoms with Crippen LogP contribution in [-0.2, 0) is 62.5 Å². The Balaban J connectivity index is 1.14. The van der Waals surface area contributed by atoms with E-state index in [9.17, 15) is 0 Å². The SMILES string of the molecule is CC1[C@H]2OC(c3ccccc3)OCC2O[C@@H](O[C@H]2C(C)C(OCc3ccccc3)[C@H](OCCCN=[N+]=[N-])O[C@H]2COCc2ccccc2)[C@H]1OCc1ccccc1. The molecule has 4 aromatic rings. The molecule has 0 N–H and O–H groups in total. The summed E-state index contributed by atoms with van der Waals surface area (Å²) >= 11 is 0. The minimum atomic E-state index is -0.797. The summed E-state index contributed by atoms with van der Waals surface area (Å²) in [5.41, 5.74) is 12.9. The standard InChI is InChI=1S/C45H53N3O9/c1-31-39(57-45-42(52-28-35-20-11-5-12-21-35)32(2)40-38(55-45)30-53-43(56-40)36-22-13-6-14-23-36)37(29-49-26-33-16-7-3-8-17-33)54-44(50-25-15-24-47-48-46)41(31)51-27-34-18-9-4-10-19-34/h3-14,16-23,31-32,37-45H,15,24-30H2,1-2H3/t31?,32?,37-,38?,39-,40+,41?,42-,43?,44+,45-/m0/s1. The van der Waals surface area contributed by atoms with Crippen LogP contribution in [0.5, 0.6) is 0 Å². The van der Waals surface area contributed by atoms with Crippen LogP contribution in [0.2, 0.25) is 0 Å². The molecule has 0 radical (unpaired) electrons. The van der Waals surface area contributed by atoms with Crippen LogP contribution >= 0.6 is 0 Å². The van der Waals surface area contributed by atoms with Gasteiger partial charge in [0.25, 0.3) is 0 Å². The summed E-state index contributed by atoms with van der Waals surface area (Å²) in [5.74, 6) is -0.375. The van der Waals surface area contributed by atoms with Crippen molar-refractivity contribution in [2.24, 2.45) is 17.0 Å². The molecule has 7 rings (SSSR count). The van der Waals surface area contributed by atoms with Gasteiger partial charge in [-0.3, -0.25) is 0 Å². The van der Waals surface area contributed by atoms with E-state index in [1.165, 1.54) is 0 Å². The second-order valence-electron chi connectivity index (χ2n) is 14.8. The molecule has 302 valence electrons. The van der Waals surface area contributed by atoms with E-state index in [1.807, 2.05) is 121 Å². The maximum Gasteiger partial charge on any atom is 0.185 e. The monoisotopic (exact) mass is 779 g/mol. The van der Waals surface area contributed by atoms with E-state index in [0.717, 1.165) is 22.3 Å². The molecule has 0 aliphatic carbocycles. The van der Waals surface area contributed by atoms with Crippen LogP contribution in [0.3, 0.4) is 0 Å². The topological polar surface area (TPSA) is 132 Å². The molecule has 12 nitrogen and oxygen atoms in total. The van der Waals surface area contributed by atoms with Gasteiger partial charge in [-0.05, 0) is 28.6 Å². The molecular formula is C45H53N3O9. The molecule has 57 heavy (non-hydrogen) atoms. The molecule has 3 saturated heterocycles. The van der Waals surface area contributed by atoms with E-state index in [0.29, 0.717) is 46.0 Å². The minimum absolute atomic E-state index is 0.127. The molecule has 0 amide bonds. The Morgan fingerprint density at radius 2 is 1.23 bits per heavy atom. The summed E-state index contributed by atoms with van der Waals surface area (Å²) in [4.78, 5) is 2.87. The Morgan fingerprint density at radius 3 is 1.84 bits per heavy atom. The fourth-order valence-corrected chi connectivity index (χ4v) is 7.68. The van der Waals surface area contributed by atoms with Crippen LogP contribution in [0.4, 0.5) is 0 Å². The van der Waals surface area contributed by atoms with Crippen molar-refractivity contribution < 1.29 is 42.6 Å². The lowest BCUT2D eigenvalue weighted by Crippen LogP contribution is -2.63. The van der Waals surface area contributed by atoms with Crippen LogP contribution in [0.1, 0.15) is 48.8 Å². The van der Waals surface area contributed by atoms with Gasteiger partial charge in [0.2, 0.25) is 0 Å². The summed E-state index contributed by atoms with van der Waals surface area (Å²) in [6, 6.07) is 40.0. The van der Waals surface area contributed by atoms with E-state index in [1.54, 1.807) is 0 Å². The number of ether oxygens (including phenoxy) is 9. The molecule has 3 fully saturated rings. The van der Waals surface area contributed by atoms with Crippen molar-refractivity contribution in [2.75, 3.05) is 26.4 Å². The van der Waals surface area contributed by atoms with Gasteiger partial charge in [-0.15, -0.1) is 0 Å². The second kappa shape index (κ2) is 21.0. The van der Waals surface area contributed by atoms with Gasteiger partial charge >= 0.3 is 0 Å². The predicted molar refractivity (Wildman–Crippen MR) is 211 cm³/mol. The normalized spacial score (nSPS) is 29.9. The Hall–Kier alpha value is -4.17. The zero-order chi connectivity index (χ0) is 39.2. The Bertz CT molecular complexity index is 1800. The van der Waals surface area contributed by atoms with Crippen molar-refractivity contribution >= 4 is 0 Å². The first-order valence-corrected chi connectivity index (χ1v) is 19.9. The molecule has 0 saturated carbocycles. The molecular weight excluding hydrogens is 727 g/mol. The first-order valence-electron chi connectivity index (χ1n) is 19.9. The second-order valence-corrected chi connectivity index (χ2v) is 14.8. The van der Waals surface area contributed by atoms with Crippen LogP contribution in [0.15, 0.2) is 126 Å². The van der Waals surface area contributed by atoms with Gasteiger partial charge in [0.15, 0.2) is 18.9 Å². The largest absolute Gasteiger partial charge is 0.374 e. The molecule has 4 aromatic carbocycles. The molecule has 5 unspecified atom stereocenters. The number of fused-ring (bicyclic) bond motifs is 1. The number of hydrogen-bond acceptors (Lipinski definition) is 10. The zero-order valence-electron chi connectivity index (χ0n) is 32.6. The summed E-state index contributed by atoms with van der Waals surface area (Å²) < 4.78 is 59.6. The first kappa shape index (κ1) is 41.0. The third-order valence-electron chi connectivity index (χ3n) is 10.7. The Morgan fingerprint density at radius 1 is 0.649 bits per heavy atom. The average Bonchev–Trinajstić information content (AvgIpc) is 3.25. The van der Waals surface area contributed by atoms with Crippen LogP contribution in [0, 0.1) is 11.8 Å². The molecule has 12 heteroatoms. The fraction of sp³-hybridized carbons (Fsp3) is 0.467. The first-order chi connectivity index (χ1) is 28.1. The van der Waals surface area contributed by atoms with E-state index < -0.39 is 49.4 Å². The van der Waals surface area contributed by atoms with E-state index >= 15 is 0 Å². The van der Waals surface area contributed by atoms with Gasteiger partial charge in [0.1, 0.15) is 24.4 Å². The number of hydrogen-bond donors (Lipinski definition) is 0. The van der Waals surface area contributed by atoms with E-state index in [2.05, 4.69) is 23.9 Å². The summed E-state index contributed by atoms with van der Waals surface area (Å²) in [7, 11) is 0. The van der Waals surface area contributed by atoms with Crippen LogP contribution < -0.4 is 0 Å². The molecule has 0 bridgehead atoms. The number of benzene rings is 4. The Kier molecular flexibility index (Phi) is 15.1. The van der Waals surface area contributed by atoms with Crippen LogP contribution in [-0.4, -0.2) is 75.6 Å². The third-order valence-corrected chi connectivity index (χ3v) is 10.7. The van der Waals surface area contributed by atoms with Crippen molar-refractivity contribution in [2.45, 2.75) is 95.6 Å². The highest BCUT2D eigenvalue weighted by molar-refractivity contribution is 5.17. The van der Waals surface area contributed by atoms with Crippen molar-refractivity contribution in [1.29, 1.82) is 0 Å². The van der Waals surface area contributed by atoms with Crippen molar-refractivity contribution in [3.8, 4) is 0 Å². The molecule has 3 heterocycles. The minimum Gasteiger partial charge on any atom is -0.374 e. The maximum atomic E-state index is 8.79. The van der Waals surface area contributed by atoms with E-state index in [-0.39, 0.29) is 24.5 Å². The molecule has 3 aliphatic heterocycles. The van der Waals surface area contributed by atoms with Crippen LogP contribution in [0.25, 0.3) is 10.4 Å². The predicted octanol–water partition coefficient (Wildman–Crippen LogP) is 8.31. The molecule has 11 atom stereocenters. The summed E-state index contributed by atoms with van der Waals surface area (Å²) in [5, 5.41) is 3.67. The van der Waals surface area contributed by atoms with Gasteiger partial charge in [-0.25, -0.2) is 0 Å². The third kappa shape index (κ3) is 11.1. The van der Waals surface area contributed by atoms with Crippen molar-refractivity contribution in [1.82, 2.24) is 0 Å². The van der Waals surface area contributed by atoms with Gasteiger partial charge in [0, 0.05) is 35.5 Å². The lowest BCUT2D eigenvalue weighted by molar-refractivity contribution is -0.382. The van der Waals surface area contributed by atoms with Gasteiger partial charge in [-0.2, -0.15) is 0 Å². The fourth-order valence-electron chi connectivity index (χ4n) is 7.68. The molecule has 0 aromatic heterocycles. The average molecular weight is 780 g/mol. The molecule has 0 spiro atoms. The highest BCUT2D eigenvalue weighted by atomic mass is 16.8. The smallest absolute Gasteiger partial charge is 0.185 e. The highest BCUT2D eigenvalue weighted by Gasteiger charge is 2.53. The van der Waals surface area contributed by atoms with Gasteiger partial charge < -0.3 is 42.6 Å². The quantitative estimate of drug-likeness (QED) is 0.0423. The van der Waals surface area contributed by atoms with Crippen molar-refractivity contribution in [3.05, 3.63) is 154 Å². The lowest BCUT2D eigenvalue weighted by Gasteiger charge is -2.51. The number of azide groups is 1. The van der Waals surface area contributed by atoms with E-state index in [4.69, 9.17) is 48.2 Å². The highest BCUT2D eigenvalue weighted by Crippen LogP contribution is 2.41. The lowest BCUT2D eigenvalue weighted by atomic mass is 9.88. The maximum absolute atomic E-state index is 8.79. The van der Waals surface area contributed by atoms with Gasteiger partial charge in [0.05, 0.1) is 45.2 Å². The number of rotatable bonds is 18. The van der Waals surface area contributed by atoms with Gasteiger partial charge in [-0.1, -0.05) is 140 Å². The Labute approximate surface area is 334 Å². The summed E-state index contributed by atoms with van der Waals surface area (Å²) in [6.07, 6.45) is -4.36. The summed E-state index contributed by atoms with van der Waals surface area (Å²) in [6.45, 7) is 6.52. The van der Waals surface area contributed by atoms with Crippen molar-refractivity contribution in [3.63, 3.8) is 0 Å².